The van der Waals surface area contributed by atoms with Gasteiger partial charge in [0.1, 0.15) is 5.01 Å². The number of nitrogens with zero attached hydrogens (tertiary/aromatic N) is 1. The predicted molar refractivity (Wildman–Crippen MR) is 65.1 cm³/mol. The van der Waals surface area contributed by atoms with Crippen LogP contribution in [-0.2, 0) is 12.8 Å². The number of hydrogen-bond acceptors (Lipinski definition) is 3. The molecule has 0 aliphatic heterocycles. The van der Waals surface area contributed by atoms with E-state index in [9.17, 15) is 0 Å². The molecule has 0 radical (unpaired) electrons. The topological polar surface area (TPSA) is 38.9 Å². The molecule has 1 aromatic heterocycles. The fraction of sp³-hybridized carbons (Fsp3) is 0.750. The highest BCUT2D eigenvalue weighted by molar-refractivity contribution is 7.11. The highest BCUT2D eigenvalue weighted by Crippen LogP contribution is 2.32. The molecule has 84 valence electrons. The van der Waals surface area contributed by atoms with Gasteiger partial charge in [0.2, 0.25) is 0 Å². The van der Waals surface area contributed by atoms with E-state index in [4.69, 9.17) is 10.7 Å². The Balaban J connectivity index is 2.15. The van der Waals surface area contributed by atoms with Gasteiger partial charge in [-0.25, -0.2) is 4.98 Å². The van der Waals surface area contributed by atoms with E-state index in [0.717, 1.165) is 30.2 Å². The van der Waals surface area contributed by atoms with E-state index >= 15 is 0 Å². The summed E-state index contributed by atoms with van der Waals surface area (Å²) >= 11 is 1.85. The second kappa shape index (κ2) is 4.62. The van der Waals surface area contributed by atoms with Crippen molar-refractivity contribution in [2.45, 2.75) is 52.0 Å². The van der Waals surface area contributed by atoms with Crippen LogP contribution in [0.2, 0.25) is 0 Å². The predicted octanol–water partition coefficient (Wildman–Crippen LogP) is 3.07. The minimum atomic E-state index is 0.168. The lowest BCUT2D eigenvalue weighted by Crippen LogP contribution is -2.10. The molecule has 0 fully saturated rings. The Hall–Kier alpha value is -0.410. The lowest BCUT2D eigenvalue weighted by atomic mass is 9.93. The summed E-state index contributed by atoms with van der Waals surface area (Å²) in [5.41, 5.74) is 7.43. The molecule has 2 rings (SSSR count). The van der Waals surface area contributed by atoms with Crippen LogP contribution < -0.4 is 5.73 Å². The van der Waals surface area contributed by atoms with Crippen molar-refractivity contribution < 1.29 is 0 Å². The second-order valence-electron chi connectivity index (χ2n) is 4.67. The fourth-order valence-corrected chi connectivity index (χ4v) is 3.46. The minimum absolute atomic E-state index is 0.168. The summed E-state index contributed by atoms with van der Waals surface area (Å²) in [5, 5.41) is 1.16. The monoisotopic (exact) mass is 224 g/mol. The first kappa shape index (κ1) is 11.1. The molecule has 3 heteroatoms. The highest BCUT2D eigenvalue weighted by atomic mass is 32.1. The zero-order valence-corrected chi connectivity index (χ0v) is 10.4. The summed E-state index contributed by atoms with van der Waals surface area (Å²) in [6, 6.07) is 0.168. The SMILES string of the molecule is CCCC(N)c1nc2c(s1)CC(C)CC2. The van der Waals surface area contributed by atoms with Gasteiger partial charge in [0.15, 0.2) is 0 Å². The number of fused-ring (bicyclic) bond motifs is 1. The Labute approximate surface area is 95.9 Å². The van der Waals surface area contributed by atoms with Gasteiger partial charge in [0.25, 0.3) is 0 Å². The van der Waals surface area contributed by atoms with Crippen molar-refractivity contribution in [1.29, 1.82) is 0 Å². The molecule has 2 atom stereocenters. The maximum Gasteiger partial charge on any atom is 0.110 e. The molecule has 0 saturated heterocycles. The molecule has 2 unspecified atom stereocenters. The smallest absolute Gasteiger partial charge is 0.110 e. The van der Waals surface area contributed by atoms with Crippen LogP contribution >= 0.6 is 11.3 Å². The maximum absolute atomic E-state index is 6.10. The van der Waals surface area contributed by atoms with Gasteiger partial charge in [0, 0.05) is 4.88 Å². The third-order valence-electron chi connectivity index (χ3n) is 3.12. The van der Waals surface area contributed by atoms with Gasteiger partial charge in [-0.3, -0.25) is 0 Å². The highest BCUT2D eigenvalue weighted by Gasteiger charge is 2.21. The molecule has 0 spiro atoms. The quantitative estimate of drug-likeness (QED) is 0.857. The zero-order chi connectivity index (χ0) is 10.8. The van der Waals surface area contributed by atoms with E-state index < -0.39 is 0 Å². The van der Waals surface area contributed by atoms with E-state index in [-0.39, 0.29) is 6.04 Å². The van der Waals surface area contributed by atoms with Crippen molar-refractivity contribution in [2.24, 2.45) is 11.7 Å². The standard InChI is InChI=1S/C12H20N2S/c1-3-4-9(13)12-14-10-6-5-8(2)7-11(10)15-12/h8-9H,3-7,13H2,1-2H3. The summed E-state index contributed by atoms with van der Waals surface area (Å²) in [7, 11) is 0. The van der Waals surface area contributed by atoms with Crippen LogP contribution in [0.15, 0.2) is 0 Å². The molecule has 1 heterocycles. The Bertz CT molecular complexity index is 332. The second-order valence-corrected chi connectivity index (χ2v) is 5.78. The van der Waals surface area contributed by atoms with Crippen LogP contribution in [0, 0.1) is 5.92 Å². The molecule has 1 aliphatic rings. The average molecular weight is 224 g/mol. The first-order valence-corrected chi connectivity index (χ1v) is 6.76. The van der Waals surface area contributed by atoms with Crippen molar-refractivity contribution in [3.8, 4) is 0 Å². The van der Waals surface area contributed by atoms with E-state index in [1.807, 2.05) is 11.3 Å². The minimum Gasteiger partial charge on any atom is -0.322 e. The molecule has 1 aromatic rings. The van der Waals surface area contributed by atoms with Crippen molar-refractivity contribution in [3.05, 3.63) is 15.6 Å². The van der Waals surface area contributed by atoms with E-state index in [1.165, 1.54) is 23.4 Å². The molecule has 1 aliphatic carbocycles. The lowest BCUT2D eigenvalue weighted by molar-refractivity contribution is 0.500. The van der Waals surface area contributed by atoms with Crippen molar-refractivity contribution >= 4 is 11.3 Å². The first-order chi connectivity index (χ1) is 7.20. The third kappa shape index (κ3) is 2.40. The summed E-state index contributed by atoms with van der Waals surface area (Å²) in [5.74, 6) is 0.827. The van der Waals surface area contributed by atoms with Crippen LogP contribution in [0.25, 0.3) is 0 Å². The van der Waals surface area contributed by atoms with Crippen LogP contribution in [0.3, 0.4) is 0 Å². The van der Waals surface area contributed by atoms with Gasteiger partial charge >= 0.3 is 0 Å². The summed E-state index contributed by atoms with van der Waals surface area (Å²) < 4.78 is 0. The Morgan fingerprint density at radius 2 is 2.40 bits per heavy atom. The Morgan fingerprint density at radius 1 is 1.60 bits per heavy atom. The number of rotatable bonds is 3. The van der Waals surface area contributed by atoms with Crippen LogP contribution in [0.5, 0.6) is 0 Å². The normalized spacial score (nSPS) is 22.5. The molecule has 2 N–H and O–H groups in total. The number of thiazole rings is 1. The Kier molecular flexibility index (Phi) is 3.42. The summed E-state index contributed by atoms with van der Waals surface area (Å²) in [6.07, 6.45) is 5.86. The molecular weight excluding hydrogens is 204 g/mol. The van der Waals surface area contributed by atoms with Crippen LogP contribution in [0.1, 0.15) is 54.7 Å². The van der Waals surface area contributed by atoms with E-state index in [1.54, 1.807) is 0 Å². The van der Waals surface area contributed by atoms with Crippen molar-refractivity contribution in [1.82, 2.24) is 4.98 Å². The van der Waals surface area contributed by atoms with Crippen LogP contribution in [-0.4, -0.2) is 4.98 Å². The summed E-state index contributed by atoms with van der Waals surface area (Å²) in [6.45, 7) is 4.50. The molecular formula is C12H20N2S. The fourth-order valence-electron chi connectivity index (χ4n) is 2.15. The first-order valence-electron chi connectivity index (χ1n) is 5.94. The third-order valence-corrected chi connectivity index (χ3v) is 4.37. The van der Waals surface area contributed by atoms with Crippen molar-refractivity contribution in [2.75, 3.05) is 0 Å². The largest absolute Gasteiger partial charge is 0.322 e. The van der Waals surface area contributed by atoms with Crippen LogP contribution in [0.4, 0.5) is 0 Å². The van der Waals surface area contributed by atoms with Gasteiger partial charge in [-0.05, 0) is 31.6 Å². The number of nitrogens with two attached hydrogens (primary N) is 1. The van der Waals surface area contributed by atoms with Gasteiger partial charge in [-0.1, -0.05) is 20.3 Å². The number of hydrogen-bond donors (Lipinski definition) is 1. The zero-order valence-electron chi connectivity index (χ0n) is 9.62. The molecule has 0 bridgehead atoms. The van der Waals surface area contributed by atoms with Crippen molar-refractivity contribution in [3.63, 3.8) is 0 Å². The maximum atomic E-state index is 6.10. The van der Waals surface area contributed by atoms with Gasteiger partial charge < -0.3 is 5.73 Å². The average Bonchev–Trinajstić information content (AvgIpc) is 2.60. The van der Waals surface area contributed by atoms with E-state index in [0.29, 0.717) is 0 Å². The molecule has 2 nitrogen and oxygen atoms in total. The molecule has 0 saturated carbocycles. The number of aromatic nitrogens is 1. The molecule has 15 heavy (non-hydrogen) atoms. The van der Waals surface area contributed by atoms with Gasteiger partial charge in [0.05, 0.1) is 11.7 Å². The van der Waals surface area contributed by atoms with Gasteiger partial charge in [-0.15, -0.1) is 11.3 Å². The lowest BCUT2D eigenvalue weighted by Gasteiger charge is -2.15. The summed E-state index contributed by atoms with van der Waals surface area (Å²) in [4.78, 5) is 6.19. The van der Waals surface area contributed by atoms with Gasteiger partial charge in [-0.2, -0.15) is 0 Å². The molecule has 0 aromatic carbocycles. The Morgan fingerprint density at radius 3 is 3.13 bits per heavy atom. The van der Waals surface area contributed by atoms with E-state index in [2.05, 4.69) is 13.8 Å². The number of aryl methyl sites for hydroxylation is 1. The molecule has 0 amide bonds.